The number of benzene rings is 4. The van der Waals surface area contributed by atoms with Gasteiger partial charge in [0.1, 0.15) is 17.5 Å². The van der Waals surface area contributed by atoms with Gasteiger partial charge in [-0.05, 0) is 66.1 Å². The van der Waals surface area contributed by atoms with E-state index in [0.29, 0.717) is 29.0 Å². The van der Waals surface area contributed by atoms with Gasteiger partial charge in [0.05, 0.1) is 24.6 Å². The Bertz CT molecular complexity index is 1680. The molecule has 0 unspecified atom stereocenters. The van der Waals surface area contributed by atoms with E-state index in [1.54, 1.807) is 30.3 Å². The van der Waals surface area contributed by atoms with Crippen molar-refractivity contribution < 1.29 is 47.5 Å². The normalized spacial score (nSPS) is 12.2. The fourth-order valence-corrected chi connectivity index (χ4v) is 4.24. The molecule has 47 heavy (non-hydrogen) atoms. The van der Waals surface area contributed by atoms with Crippen LogP contribution in [0.15, 0.2) is 115 Å². The minimum absolute atomic E-state index is 0.185. The number of ether oxygens (including phenoxy) is 2. The first-order valence-electron chi connectivity index (χ1n) is 14.1. The highest BCUT2D eigenvalue weighted by Crippen LogP contribution is 2.22. The number of hydrogen-bond acceptors (Lipinski definition) is 6. The van der Waals surface area contributed by atoms with Gasteiger partial charge >= 0.3 is 12.1 Å². The first-order valence-corrected chi connectivity index (χ1v) is 14.1. The van der Waals surface area contributed by atoms with Crippen LogP contribution in [0.3, 0.4) is 0 Å². The molecule has 5 N–H and O–H groups in total. The highest BCUT2D eigenvalue weighted by Gasteiger charge is 2.30. The summed E-state index contributed by atoms with van der Waals surface area (Å²) in [6.07, 6.45) is -1.21. The summed E-state index contributed by atoms with van der Waals surface area (Å²) in [5.74, 6) is -3.03. The maximum atomic E-state index is 13.4. The summed E-state index contributed by atoms with van der Waals surface area (Å²) < 4.78 is 42.5. The zero-order chi connectivity index (χ0) is 34.4. The van der Waals surface area contributed by atoms with Crippen LogP contribution in [-0.2, 0) is 20.7 Å². The third kappa shape index (κ3) is 11.5. The van der Waals surface area contributed by atoms with Gasteiger partial charge in [0.2, 0.25) is 0 Å². The zero-order valence-corrected chi connectivity index (χ0v) is 25.1. The molecule has 0 radical (unpaired) electrons. The van der Waals surface area contributed by atoms with Crippen LogP contribution >= 0.6 is 0 Å². The number of rotatable bonds is 11. The van der Waals surface area contributed by atoms with Crippen LogP contribution in [0.4, 0.5) is 13.2 Å². The molecule has 2 atom stereocenters. The molecule has 0 saturated carbocycles. The van der Waals surface area contributed by atoms with E-state index in [4.69, 9.17) is 30.5 Å². The molecule has 4 aromatic rings. The number of amides is 1. The Morgan fingerprint density at radius 1 is 0.872 bits per heavy atom. The van der Waals surface area contributed by atoms with E-state index < -0.39 is 30.1 Å². The van der Waals surface area contributed by atoms with Crippen molar-refractivity contribution in [2.45, 2.75) is 18.6 Å². The second-order valence-corrected chi connectivity index (χ2v) is 9.98. The van der Waals surface area contributed by atoms with Crippen LogP contribution in [0.1, 0.15) is 27.0 Å². The van der Waals surface area contributed by atoms with Gasteiger partial charge in [0, 0.05) is 5.56 Å². The summed E-state index contributed by atoms with van der Waals surface area (Å²) in [6, 6.07) is 32.5. The van der Waals surface area contributed by atoms with Gasteiger partial charge in [-0.25, -0.2) is 0 Å². The van der Waals surface area contributed by atoms with Crippen LogP contribution < -0.4 is 26.3 Å². The predicted octanol–water partition coefficient (Wildman–Crippen LogP) is 3.09. The summed E-state index contributed by atoms with van der Waals surface area (Å²) in [7, 11) is 1.34. The number of halogens is 3. The number of carbonyl (C=O) groups excluding carboxylic acids is 3. The Labute approximate surface area is 269 Å². The first-order chi connectivity index (χ1) is 22.4. The van der Waals surface area contributed by atoms with Crippen molar-refractivity contribution in [2.24, 2.45) is 11.7 Å². The second kappa shape index (κ2) is 17.0. The topological polar surface area (TPSA) is 156 Å². The lowest BCUT2D eigenvalue weighted by Crippen LogP contribution is -2.46. The number of carboxylic acids is 1. The summed E-state index contributed by atoms with van der Waals surface area (Å²) in [5, 5.41) is 17.6. The predicted molar refractivity (Wildman–Crippen MR) is 167 cm³/mol. The van der Waals surface area contributed by atoms with Crippen molar-refractivity contribution in [1.29, 1.82) is 0 Å². The Hall–Kier alpha value is -5.91. The van der Waals surface area contributed by atoms with E-state index >= 15 is 0 Å². The number of nitrogens with one attached hydrogen (secondary N) is 1. The van der Waals surface area contributed by atoms with E-state index in [1.165, 1.54) is 7.11 Å². The highest BCUT2D eigenvalue weighted by molar-refractivity contribution is 5.95. The number of alkyl halides is 3. The maximum Gasteiger partial charge on any atom is 0.430 e. The van der Waals surface area contributed by atoms with Gasteiger partial charge in [0.15, 0.2) is 0 Å². The quantitative estimate of drug-likeness (QED) is 0.128. The van der Waals surface area contributed by atoms with Crippen molar-refractivity contribution in [3.05, 3.63) is 138 Å². The van der Waals surface area contributed by atoms with Gasteiger partial charge in [-0.15, -0.1) is 0 Å². The molecule has 4 aromatic carbocycles. The van der Waals surface area contributed by atoms with Gasteiger partial charge in [0.25, 0.3) is 11.7 Å². The van der Waals surface area contributed by atoms with E-state index in [-0.39, 0.29) is 11.7 Å². The molecule has 0 aliphatic heterocycles. The SMILES string of the molecule is COC(=O)[C@H](Cc1cccc(C(N)=[NH2+])c1)[C@@H](/C=C/c1ccccc1)NC(=O)c1ccc(Oc2ccccc2)cc1.O=C([O-])C(F)(F)F. The van der Waals surface area contributed by atoms with Crippen LogP contribution in [0.5, 0.6) is 11.5 Å². The number of aliphatic carboxylic acids is 1. The fourth-order valence-electron chi connectivity index (χ4n) is 4.24. The van der Waals surface area contributed by atoms with E-state index in [0.717, 1.165) is 11.1 Å². The molecule has 0 aromatic heterocycles. The van der Waals surface area contributed by atoms with Crippen molar-refractivity contribution in [3.8, 4) is 11.5 Å². The molecule has 0 bridgehead atoms. The molecule has 0 aliphatic rings. The van der Waals surface area contributed by atoms with Crippen molar-refractivity contribution in [2.75, 3.05) is 7.11 Å². The van der Waals surface area contributed by atoms with Gasteiger partial charge in [-0.3, -0.25) is 20.7 Å². The van der Waals surface area contributed by atoms with Crippen molar-refractivity contribution in [3.63, 3.8) is 0 Å². The zero-order valence-electron chi connectivity index (χ0n) is 25.1. The third-order valence-corrected chi connectivity index (χ3v) is 6.57. The second-order valence-electron chi connectivity index (χ2n) is 9.98. The number of esters is 1. The molecule has 4 rings (SSSR count). The number of amidine groups is 1. The van der Waals surface area contributed by atoms with Crippen molar-refractivity contribution in [1.82, 2.24) is 5.32 Å². The monoisotopic (exact) mass is 647 g/mol. The number of methoxy groups -OCH3 is 1. The summed E-state index contributed by atoms with van der Waals surface area (Å²) in [4.78, 5) is 35.2. The molecule has 0 fully saturated rings. The molecule has 0 spiro atoms. The Kier molecular flexibility index (Phi) is 12.8. The lowest BCUT2D eigenvalue weighted by Gasteiger charge is -2.24. The van der Waals surface area contributed by atoms with E-state index in [1.807, 2.05) is 91.0 Å². The van der Waals surface area contributed by atoms with Gasteiger partial charge in [-0.1, -0.05) is 72.8 Å². The smallest absolute Gasteiger partial charge is 0.430 e. The lowest BCUT2D eigenvalue weighted by molar-refractivity contribution is -0.344. The van der Waals surface area contributed by atoms with Crippen molar-refractivity contribution >= 4 is 29.8 Å². The first kappa shape index (κ1) is 35.6. The van der Waals surface area contributed by atoms with Crippen LogP contribution in [0.25, 0.3) is 6.08 Å². The molecule has 0 saturated heterocycles. The van der Waals surface area contributed by atoms with Gasteiger partial charge < -0.3 is 24.7 Å². The largest absolute Gasteiger partial charge is 0.542 e. The molecule has 1 amide bonds. The Morgan fingerprint density at radius 2 is 1.45 bits per heavy atom. The number of nitrogens with two attached hydrogens (primary N) is 2. The number of para-hydroxylation sites is 1. The highest BCUT2D eigenvalue weighted by atomic mass is 19.4. The molecule has 244 valence electrons. The average Bonchev–Trinajstić information content (AvgIpc) is 3.06. The van der Waals surface area contributed by atoms with E-state index in [2.05, 4.69) is 5.32 Å². The summed E-state index contributed by atoms with van der Waals surface area (Å²) in [5.41, 5.74) is 8.63. The Balaban J connectivity index is 0.000000771. The number of hydrogen-bond donors (Lipinski definition) is 3. The van der Waals surface area contributed by atoms with Gasteiger partial charge in [-0.2, -0.15) is 13.2 Å². The molecular formula is C35H32F3N3O6. The summed E-state index contributed by atoms with van der Waals surface area (Å²) in [6.45, 7) is 0. The molecule has 9 nitrogen and oxygen atoms in total. The van der Waals surface area contributed by atoms with Crippen LogP contribution in [0.2, 0.25) is 0 Å². The van der Waals surface area contributed by atoms with Crippen LogP contribution in [-0.4, -0.2) is 43.0 Å². The Morgan fingerprint density at radius 3 is 2.00 bits per heavy atom. The number of carboxylic acid groups (broad SMARTS) is 1. The minimum Gasteiger partial charge on any atom is -0.542 e. The standard InChI is InChI=1S/C33H31N3O4.C2HF3O2/c1-39-33(38)29(22-24-11-8-12-26(21-24)31(34)35)30(20-15-23-9-4-2-5-10-23)36-32(37)25-16-18-28(19-17-25)40-27-13-6-3-7-14-27;3-2(4,5)1(6)7/h2-21,29-30H,22H2,1H3,(H3,34,35)(H,36,37);(H,6,7)/b20-15+;/t29-,30-;/m1./s1. The molecule has 0 aliphatic carbocycles. The molecular weight excluding hydrogens is 615 g/mol. The molecule has 0 heterocycles. The van der Waals surface area contributed by atoms with E-state index in [9.17, 15) is 22.8 Å². The third-order valence-electron chi connectivity index (χ3n) is 6.57. The number of carbonyl (C=O) groups is 3. The minimum atomic E-state index is -5.19. The lowest BCUT2D eigenvalue weighted by atomic mass is 9.90. The molecule has 12 heteroatoms. The maximum absolute atomic E-state index is 13.4. The fraction of sp³-hybridized carbons (Fsp3) is 0.143. The summed E-state index contributed by atoms with van der Waals surface area (Å²) >= 11 is 0. The van der Waals surface area contributed by atoms with Crippen LogP contribution in [0, 0.1) is 5.92 Å². The average molecular weight is 648 g/mol.